The molecular formula is C20H23N3O6. The zero-order chi connectivity index (χ0) is 20.6. The average Bonchev–Trinajstić information content (AvgIpc) is 3.02. The summed E-state index contributed by atoms with van der Waals surface area (Å²) in [5.74, 6) is -1.07. The molecule has 0 spiro atoms. The molecule has 9 heteroatoms. The third-order valence-corrected chi connectivity index (χ3v) is 5.10. The van der Waals surface area contributed by atoms with E-state index in [1.807, 2.05) is 6.07 Å². The van der Waals surface area contributed by atoms with Crippen LogP contribution >= 0.6 is 0 Å². The SMILES string of the molecule is CC1(C)O[C@@H]2[C@H](O1)[C@@H](CNC(=O)c1ccccc1)OC[C@H]2n1ccc(=O)[nH]c1=O. The van der Waals surface area contributed by atoms with Crippen molar-refractivity contribution in [1.82, 2.24) is 14.9 Å². The van der Waals surface area contributed by atoms with E-state index in [2.05, 4.69) is 10.3 Å². The van der Waals surface area contributed by atoms with Gasteiger partial charge in [-0.2, -0.15) is 0 Å². The third kappa shape index (κ3) is 4.02. The summed E-state index contributed by atoms with van der Waals surface area (Å²) < 4.78 is 19.4. The molecule has 4 rings (SSSR count). The van der Waals surface area contributed by atoms with Crippen LogP contribution in [-0.2, 0) is 14.2 Å². The molecule has 0 saturated carbocycles. The predicted molar refractivity (Wildman–Crippen MR) is 103 cm³/mol. The van der Waals surface area contributed by atoms with Gasteiger partial charge >= 0.3 is 5.69 Å². The number of hydrogen-bond acceptors (Lipinski definition) is 6. The molecule has 29 heavy (non-hydrogen) atoms. The van der Waals surface area contributed by atoms with Crippen LogP contribution < -0.4 is 16.6 Å². The molecule has 1 aromatic heterocycles. The van der Waals surface area contributed by atoms with Crippen molar-refractivity contribution in [3.8, 4) is 0 Å². The topological polar surface area (TPSA) is 112 Å². The highest BCUT2D eigenvalue weighted by atomic mass is 16.8. The van der Waals surface area contributed by atoms with Gasteiger partial charge in [0.1, 0.15) is 18.3 Å². The molecule has 1 amide bonds. The molecule has 0 aliphatic carbocycles. The number of carbonyl (C=O) groups excluding carboxylic acids is 1. The predicted octanol–water partition coefficient (Wildman–Crippen LogP) is 0.427. The van der Waals surface area contributed by atoms with E-state index in [4.69, 9.17) is 14.2 Å². The van der Waals surface area contributed by atoms with Gasteiger partial charge in [-0.3, -0.25) is 19.1 Å². The van der Waals surface area contributed by atoms with Crippen molar-refractivity contribution in [2.75, 3.05) is 13.2 Å². The second-order valence-corrected chi connectivity index (χ2v) is 7.60. The number of aromatic amines is 1. The lowest BCUT2D eigenvalue weighted by atomic mass is 9.97. The molecule has 0 bridgehead atoms. The van der Waals surface area contributed by atoms with E-state index < -0.39 is 41.4 Å². The maximum absolute atomic E-state index is 12.4. The number of rotatable bonds is 4. The van der Waals surface area contributed by atoms with Gasteiger partial charge in [-0.15, -0.1) is 0 Å². The van der Waals surface area contributed by atoms with Crippen molar-refractivity contribution in [3.63, 3.8) is 0 Å². The van der Waals surface area contributed by atoms with E-state index in [1.54, 1.807) is 38.1 Å². The first-order chi connectivity index (χ1) is 13.8. The number of benzene rings is 1. The highest BCUT2D eigenvalue weighted by Crippen LogP contribution is 2.39. The number of aromatic nitrogens is 2. The quantitative estimate of drug-likeness (QED) is 0.768. The van der Waals surface area contributed by atoms with Crippen molar-refractivity contribution in [3.05, 3.63) is 69.0 Å². The van der Waals surface area contributed by atoms with E-state index >= 15 is 0 Å². The minimum atomic E-state index is -0.866. The zero-order valence-corrected chi connectivity index (χ0v) is 16.2. The Hall–Kier alpha value is -2.75. The summed E-state index contributed by atoms with van der Waals surface area (Å²) in [6.07, 6.45) is 0.0297. The molecule has 2 saturated heterocycles. The molecule has 154 valence electrons. The van der Waals surface area contributed by atoms with Gasteiger partial charge in [0, 0.05) is 24.4 Å². The fourth-order valence-electron chi connectivity index (χ4n) is 3.80. The zero-order valence-electron chi connectivity index (χ0n) is 16.2. The highest BCUT2D eigenvalue weighted by molar-refractivity contribution is 5.94. The molecule has 3 heterocycles. The number of ether oxygens (including phenoxy) is 3. The van der Waals surface area contributed by atoms with Crippen LogP contribution in [0.3, 0.4) is 0 Å². The number of carbonyl (C=O) groups is 1. The number of nitrogens with one attached hydrogen (secondary N) is 2. The van der Waals surface area contributed by atoms with E-state index in [-0.39, 0.29) is 19.1 Å². The fourth-order valence-corrected chi connectivity index (χ4v) is 3.80. The molecule has 2 aromatic rings. The summed E-state index contributed by atoms with van der Waals surface area (Å²) in [5.41, 5.74) is -0.444. The molecule has 1 aromatic carbocycles. The third-order valence-electron chi connectivity index (χ3n) is 5.10. The van der Waals surface area contributed by atoms with Gasteiger partial charge in [-0.25, -0.2) is 4.79 Å². The van der Waals surface area contributed by atoms with Crippen molar-refractivity contribution < 1.29 is 19.0 Å². The van der Waals surface area contributed by atoms with Crippen LogP contribution in [0.2, 0.25) is 0 Å². The van der Waals surface area contributed by atoms with Gasteiger partial charge in [-0.1, -0.05) is 18.2 Å². The minimum absolute atomic E-state index is 0.179. The number of amides is 1. The Balaban J connectivity index is 1.52. The Morgan fingerprint density at radius 1 is 1.17 bits per heavy atom. The molecule has 0 radical (unpaired) electrons. The van der Waals surface area contributed by atoms with Crippen LogP contribution in [0.15, 0.2) is 52.2 Å². The van der Waals surface area contributed by atoms with Crippen LogP contribution in [0.1, 0.15) is 30.2 Å². The number of H-pyrrole nitrogens is 1. The Morgan fingerprint density at radius 3 is 2.62 bits per heavy atom. The van der Waals surface area contributed by atoms with Gasteiger partial charge in [-0.05, 0) is 26.0 Å². The molecule has 9 nitrogen and oxygen atoms in total. The number of nitrogens with zero attached hydrogens (tertiary/aromatic N) is 1. The molecule has 0 unspecified atom stereocenters. The first-order valence-corrected chi connectivity index (χ1v) is 9.46. The maximum atomic E-state index is 12.4. The largest absolute Gasteiger partial charge is 0.371 e. The summed E-state index contributed by atoms with van der Waals surface area (Å²) in [6, 6.07) is 9.72. The summed E-state index contributed by atoms with van der Waals surface area (Å²) in [6.45, 7) is 4.00. The molecule has 2 aliphatic rings. The normalized spacial score (nSPS) is 27.9. The number of hydrogen-bond donors (Lipinski definition) is 2. The van der Waals surface area contributed by atoms with Crippen LogP contribution in [0.4, 0.5) is 0 Å². The van der Waals surface area contributed by atoms with Crippen molar-refractivity contribution in [1.29, 1.82) is 0 Å². The molecule has 4 atom stereocenters. The summed E-state index contributed by atoms with van der Waals surface area (Å²) in [4.78, 5) is 38.2. The van der Waals surface area contributed by atoms with Crippen LogP contribution in [-0.4, -0.2) is 52.7 Å². The van der Waals surface area contributed by atoms with E-state index in [0.717, 1.165) is 0 Å². The Labute approximate surface area is 166 Å². The maximum Gasteiger partial charge on any atom is 0.328 e. The lowest BCUT2D eigenvalue weighted by Crippen LogP contribution is -2.54. The van der Waals surface area contributed by atoms with Crippen molar-refractivity contribution in [2.24, 2.45) is 0 Å². The van der Waals surface area contributed by atoms with E-state index in [9.17, 15) is 14.4 Å². The average molecular weight is 401 g/mol. The Bertz CT molecular complexity index is 999. The second kappa shape index (κ2) is 7.58. The lowest BCUT2D eigenvalue weighted by molar-refractivity contribution is -0.153. The van der Waals surface area contributed by atoms with E-state index in [1.165, 1.54) is 16.8 Å². The van der Waals surface area contributed by atoms with Gasteiger partial charge in [0.15, 0.2) is 5.79 Å². The van der Waals surface area contributed by atoms with Crippen LogP contribution in [0, 0.1) is 0 Å². The standard InChI is InChI=1S/C20H23N3O6/c1-20(2)28-16-13(23-9-8-15(24)22-19(23)26)11-27-14(17(16)29-20)10-21-18(25)12-6-4-3-5-7-12/h3-9,13-14,16-17H,10-11H2,1-2H3,(H,21,25)(H,22,24,26)/t13-,14-,16+,17-/m1/s1. The smallest absolute Gasteiger partial charge is 0.328 e. The fraction of sp³-hybridized carbons (Fsp3) is 0.450. The first kappa shape index (κ1) is 19.6. The van der Waals surface area contributed by atoms with Crippen LogP contribution in [0.25, 0.3) is 0 Å². The van der Waals surface area contributed by atoms with Crippen molar-refractivity contribution in [2.45, 2.75) is 44.0 Å². The summed E-state index contributed by atoms with van der Waals surface area (Å²) in [7, 11) is 0. The first-order valence-electron chi connectivity index (χ1n) is 9.46. The Kier molecular flexibility index (Phi) is 5.12. The van der Waals surface area contributed by atoms with Crippen LogP contribution in [0.5, 0.6) is 0 Å². The van der Waals surface area contributed by atoms with Gasteiger partial charge in [0.05, 0.1) is 12.6 Å². The lowest BCUT2D eigenvalue weighted by Gasteiger charge is -2.37. The van der Waals surface area contributed by atoms with Crippen molar-refractivity contribution >= 4 is 5.91 Å². The Morgan fingerprint density at radius 2 is 1.90 bits per heavy atom. The number of fused-ring (bicyclic) bond motifs is 1. The minimum Gasteiger partial charge on any atom is -0.371 e. The van der Waals surface area contributed by atoms with E-state index in [0.29, 0.717) is 5.56 Å². The summed E-state index contributed by atoms with van der Waals surface area (Å²) >= 11 is 0. The van der Waals surface area contributed by atoms with Gasteiger partial charge < -0.3 is 19.5 Å². The molecule has 2 aliphatic heterocycles. The molecule has 2 fully saturated rings. The van der Waals surface area contributed by atoms with Gasteiger partial charge in [0.25, 0.3) is 11.5 Å². The highest BCUT2D eigenvalue weighted by Gasteiger charge is 2.52. The van der Waals surface area contributed by atoms with Gasteiger partial charge in [0.2, 0.25) is 0 Å². The monoisotopic (exact) mass is 401 g/mol. The second-order valence-electron chi connectivity index (χ2n) is 7.60. The molecular weight excluding hydrogens is 378 g/mol. The summed E-state index contributed by atoms with van der Waals surface area (Å²) in [5, 5.41) is 2.87. The molecule has 2 N–H and O–H groups in total.